The third-order valence-corrected chi connectivity index (χ3v) is 6.26. The monoisotopic (exact) mass is 388 g/mol. The van der Waals surface area contributed by atoms with Gasteiger partial charge in [0.05, 0.1) is 31.0 Å². The van der Waals surface area contributed by atoms with E-state index in [9.17, 15) is 25.5 Å². The van der Waals surface area contributed by atoms with Gasteiger partial charge < -0.3 is 39.7 Å². The highest BCUT2D eigenvalue weighted by Gasteiger charge is 2.57. The van der Waals surface area contributed by atoms with Gasteiger partial charge in [-0.2, -0.15) is 0 Å². The number of ether oxygens (including phenoxy) is 3. The summed E-state index contributed by atoms with van der Waals surface area (Å²) >= 11 is 0. The summed E-state index contributed by atoms with van der Waals surface area (Å²) in [4.78, 5) is 0. The van der Waals surface area contributed by atoms with Crippen LogP contribution < -0.4 is 0 Å². The van der Waals surface area contributed by atoms with Crippen LogP contribution in [0.5, 0.6) is 0 Å². The van der Waals surface area contributed by atoms with E-state index in [-0.39, 0.29) is 17.4 Å². The Morgan fingerprint density at radius 2 is 1.81 bits per heavy atom. The molecule has 1 saturated carbocycles. The van der Waals surface area contributed by atoms with Crippen LogP contribution in [0.3, 0.4) is 0 Å². The van der Waals surface area contributed by atoms with Crippen LogP contribution in [0.4, 0.5) is 0 Å². The van der Waals surface area contributed by atoms with Gasteiger partial charge in [0.2, 0.25) is 0 Å². The Kier molecular flexibility index (Phi) is 6.01. The Hall–Kier alpha value is -0.580. The van der Waals surface area contributed by atoms with Crippen LogP contribution in [-0.2, 0) is 14.2 Å². The lowest BCUT2D eigenvalue weighted by molar-refractivity contribution is -0.306. The molecule has 10 atom stereocenters. The van der Waals surface area contributed by atoms with Crippen molar-refractivity contribution in [2.45, 2.75) is 82.1 Å². The standard InChI is InChI=1S/C19H32O8/c1-10(26-17-16(24)15(23)14(22)12(8-20)27-17)4-5-13-18(2)6-11(21)7-19(13,3)25-9-18/h4-5,10-17,20-24H,6-9H2,1-3H3. The van der Waals surface area contributed by atoms with Gasteiger partial charge in [0.15, 0.2) is 6.29 Å². The molecule has 27 heavy (non-hydrogen) atoms. The Bertz CT molecular complexity index is 534. The molecule has 0 radical (unpaired) electrons. The lowest BCUT2D eigenvalue weighted by atomic mass is 9.62. The molecule has 1 aliphatic carbocycles. The van der Waals surface area contributed by atoms with Crippen LogP contribution in [0.2, 0.25) is 0 Å². The highest BCUT2D eigenvalue weighted by molar-refractivity contribution is 5.14. The fourth-order valence-electron chi connectivity index (χ4n) is 4.84. The Morgan fingerprint density at radius 1 is 1.11 bits per heavy atom. The molecule has 0 spiro atoms. The van der Waals surface area contributed by atoms with Gasteiger partial charge in [-0.1, -0.05) is 19.1 Å². The zero-order valence-electron chi connectivity index (χ0n) is 16.1. The summed E-state index contributed by atoms with van der Waals surface area (Å²) in [7, 11) is 0. The van der Waals surface area contributed by atoms with Crippen molar-refractivity contribution in [2.75, 3.05) is 13.2 Å². The van der Waals surface area contributed by atoms with E-state index in [0.29, 0.717) is 19.4 Å². The summed E-state index contributed by atoms with van der Waals surface area (Å²) in [5.74, 6) is 0.120. The molecule has 2 saturated heterocycles. The molecule has 2 heterocycles. The minimum absolute atomic E-state index is 0.120. The second-order valence-corrected chi connectivity index (χ2v) is 8.72. The van der Waals surface area contributed by atoms with Gasteiger partial charge in [0, 0.05) is 17.8 Å². The molecule has 0 amide bonds. The normalized spacial score (nSPS) is 51.6. The van der Waals surface area contributed by atoms with Crippen molar-refractivity contribution in [1.82, 2.24) is 0 Å². The molecule has 2 bridgehead atoms. The van der Waals surface area contributed by atoms with Crippen molar-refractivity contribution in [3.63, 3.8) is 0 Å². The SMILES string of the molecule is CC(C=CC1C2(C)COC1(C)CC(O)C2)OC1OC(CO)C(O)C(O)C1O. The maximum atomic E-state index is 10.1. The first kappa shape index (κ1) is 21.1. The lowest BCUT2D eigenvalue weighted by Crippen LogP contribution is -2.59. The molecule has 10 unspecified atom stereocenters. The highest BCUT2D eigenvalue weighted by atomic mass is 16.7. The largest absolute Gasteiger partial charge is 0.394 e. The summed E-state index contributed by atoms with van der Waals surface area (Å²) in [5, 5.41) is 49.1. The quantitative estimate of drug-likeness (QED) is 0.392. The molecule has 2 aliphatic heterocycles. The number of aliphatic hydroxyl groups excluding tert-OH is 5. The molecule has 0 aromatic rings. The summed E-state index contributed by atoms with van der Waals surface area (Å²) in [6, 6.07) is 0. The minimum Gasteiger partial charge on any atom is -0.394 e. The highest BCUT2D eigenvalue weighted by Crippen LogP contribution is 2.54. The topological polar surface area (TPSA) is 129 Å². The molecule has 3 fully saturated rings. The van der Waals surface area contributed by atoms with Crippen molar-refractivity contribution >= 4 is 0 Å². The molecule has 0 aromatic carbocycles. The van der Waals surface area contributed by atoms with E-state index in [1.807, 2.05) is 19.1 Å². The minimum atomic E-state index is -1.46. The van der Waals surface area contributed by atoms with Gasteiger partial charge in [-0.25, -0.2) is 0 Å². The maximum absolute atomic E-state index is 10.1. The Balaban J connectivity index is 1.64. The molecular formula is C19H32O8. The third-order valence-electron chi connectivity index (χ3n) is 6.26. The van der Waals surface area contributed by atoms with Crippen LogP contribution in [0, 0.1) is 11.3 Å². The second-order valence-electron chi connectivity index (χ2n) is 8.72. The third kappa shape index (κ3) is 3.95. The number of hydrogen-bond donors (Lipinski definition) is 5. The number of hydrogen-bond acceptors (Lipinski definition) is 8. The molecule has 0 aromatic heterocycles. The van der Waals surface area contributed by atoms with Crippen molar-refractivity contribution in [3.8, 4) is 0 Å². The lowest BCUT2D eigenvalue weighted by Gasteiger charge is -2.43. The van der Waals surface area contributed by atoms with Gasteiger partial charge in [0.1, 0.15) is 24.4 Å². The van der Waals surface area contributed by atoms with Crippen molar-refractivity contribution < 1.29 is 39.7 Å². The van der Waals surface area contributed by atoms with Gasteiger partial charge >= 0.3 is 0 Å². The smallest absolute Gasteiger partial charge is 0.187 e. The first-order chi connectivity index (χ1) is 12.6. The second kappa shape index (κ2) is 7.68. The van der Waals surface area contributed by atoms with Crippen molar-refractivity contribution in [2.24, 2.45) is 11.3 Å². The Labute approximate surface area is 159 Å². The van der Waals surface area contributed by atoms with E-state index in [1.165, 1.54) is 0 Å². The molecule has 5 N–H and O–H groups in total. The summed E-state index contributed by atoms with van der Waals surface area (Å²) < 4.78 is 17.1. The molecule has 3 rings (SSSR count). The van der Waals surface area contributed by atoms with Crippen LogP contribution >= 0.6 is 0 Å². The van der Waals surface area contributed by atoms with Crippen molar-refractivity contribution in [1.29, 1.82) is 0 Å². The molecule has 8 heteroatoms. The van der Waals surface area contributed by atoms with Crippen LogP contribution in [-0.4, -0.2) is 87.3 Å². The van der Waals surface area contributed by atoms with E-state index in [4.69, 9.17) is 14.2 Å². The maximum Gasteiger partial charge on any atom is 0.187 e. The average molecular weight is 388 g/mol. The summed E-state index contributed by atoms with van der Waals surface area (Å²) in [5.41, 5.74) is -0.572. The van der Waals surface area contributed by atoms with E-state index < -0.39 is 49.0 Å². The number of aliphatic hydroxyl groups is 5. The average Bonchev–Trinajstić information content (AvgIpc) is 2.75. The summed E-state index contributed by atoms with van der Waals surface area (Å²) in [6.07, 6.45) is -2.09. The van der Waals surface area contributed by atoms with Gasteiger partial charge in [-0.05, 0) is 20.3 Å². The predicted octanol–water partition coefficient (Wildman–Crippen LogP) is -0.686. The first-order valence-electron chi connectivity index (χ1n) is 9.56. The molecule has 3 aliphatic rings. The van der Waals surface area contributed by atoms with E-state index in [2.05, 4.69) is 6.92 Å². The number of fused-ring (bicyclic) bond motifs is 2. The zero-order chi connectivity index (χ0) is 20.0. The van der Waals surface area contributed by atoms with Gasteiger partial charge in [-0.3, -0.25) is 0 Å². The van der Waals surface area contributed by atoms with Gasteiger partial charge in [-0.15, -0.1) is 0 Å². The molecular weight excluding hydrogens is 356 g/mol. The fraction of sp³-hybridized carbons (Fsp3) is 0.895. The van der Waals surface area contributed by atoms with E-state index in [1.54, 1.807) is 6.92 Å². The van der Waals surface area contributed by atoms with E-state index >= 15 is 0 Å². The first-order valence-corrected chi connectivity index (χ1v) is 9.56. The number of rotatable bonds is 5. The Morgan fingerprint density at radius 3 is 2.44 bits per heavy atom. The summed E-state index contributed by atoms with van der Waals surface area (Å²) in [6.45, 7) is 6.01. The molecule has 8 nitrogen and oxygen atoms in total. The molecule has 156 valence electrons. The van der Waals surface area contributed by atoms with Crippen LogP contribution in [0.1, 0.15) is 33.6 Å². The van der Waals surface area contributed by atoms with Gasteiger partial charge in [0.25, 0.3) is 0 Å². The zero-order valence-corrected chi connectivity index (χ0v) is 16.1. The van der Waals surface area contributed by atoms with Crippen LogP contribution in [0.25, 0.3) is 0 Å². The van der Waals surface area contributed by atoms with Crippen LogP contribution in [0.15, 0.2) is 12.2 Å². The predicted molar refractivity (Wildman–Crippen MR) is 94.6 cm³/mol. The van der Waals surface area contributed by atoms with E-state index in [0.717, 1.165) is 0 Å². The fourth-order valence-corrected chi connectivity index (χ4v) is 4.84. The van der Waals surface area contributed by atoms with Crippen molar-refractivity contribution in [3.05, 3.63) is 12.2 Å².